The minimum absolute atomic E-state index is 0. The molecule has 0 aliphatic rings. The van der Waals surface area contributed by atoms with Crippen LogP contribution in [0, 0.1) is 0 Å². The van der Waals surface area contributed by atoms with E-state index in [-0.39, 0.29) is 12.4 Å². The van der Waals surface area contributed by atoms with Gasteiger partial charge in [0.25, 0.3) is 0 Å². The Morgan fingerprint density at radius 3 is 2.00 bits per heavy atom. The van der Waals surface area contributed by atoms with Gasteiger partial charge in [0, 0.05) is 17.3 Å². The van der Waals surface area contributed by atoms with E-state index in [1.54, 1.807) is 0 Å². The highest BCUT2D eigenvalue weighted by atomic mass is 35.5. The molecule has 0 fully saturated rings. The number of hydrogen-bond acceptors (Lipinski definition) is 2. The number of anilines is 1. The van der Waals surface area contributed by atoms with Crippen molar-refractivity contribution >= 4 is 39.9 Å². The first-order valence-electron chi connectivity index (χ1n) is 6.91. The van der Waals surface area contributed by atoms with Crippen molar-refractivity contribution in [2.75, 3.05) is 11.9 Å². The minimum Gasteiger partial charge on any atom is -0.384 e. The minimum atomic E-state index is 0. The monoisotopic (exact) mass is 286 g/mol. The average Bonchev–Trinajstić information content (AvgIpc) is 2.46. The summed E-state index contributed by atoms with van der Waals surface area (Å²) in [7, 11) is 0. The Hall–Kier alpha value is -1.80. The largest absolute Gasteiger partial charge is 0.384 e. The van der Waals surface area contributed by atoms with E-state index in [2.05, 4.69) is 48.6 Å². The molecule has 0 amide bonds. The number of halogens is 1. The van der Waals surface area contributed by atoms with E-state index in [0.29, 0.717) is 0 Å². The summed E-state index contributed by atoms with van der Waals surface area (Å²) in [5.74, 6) is 0. The topological polar surface area (TPSA) is 24.9 Å². The molecule has 0 aliphatic heterocycles. The number of pyridine rings is 1. The van der Waals surface area contributed by atoms with Crippen LogP contribution in [0.4, 0.5) is 5.69 Å². The fourth-order valence-corrected chi connectivity index (χ4v) is 2.42. The lowest BCUT2D eigenvalue weighted by Crippen LogP contribution is -2.02. The predicted molar refractivity (Wildman–Crippen MR) is 89.9 cm³/mol. The van der Waals surface area contributed by atoms with Crippen molar-refractivity contribution in [2.24, 2.45) is 0 Å². The number of fused-ring (bicyclic) bond motifs is 2. The molecule has 0 spiro atoms. The van der Waals surface area contributed by atoms with Crippen LogP contribution in [0.15, 0.2) is 48.5 Å². The summed E-state index contributed by atoms with van der Waals surface area (Å²) in [4.78, 5) is 4.73. The van der Waals surface area contributed by atoms with E-state index in [4.69, 9.17) is 4.98 Å². The van der Waals surface area contributed by atoms with Gasteiger partial charge in [-0.05, 0) is 18.6 Å². The van der Waals surface area contributed by atoms with Crippen molar-refractivity contribution in [1.82, 2.24) is 4.98 Å². The van der Waals surface area contributed by atoms with E-state index in [1.807, 2.05) is 12.1 Å². The third-order valence-corrected chi connectivity index (χ3v) is 3.42. The Morgan fingerprint density at radius 1 is 0.900 bits per heavy atom. The van der Waals surface area contributed by atoms with Crippen LogP contribution in [0.2, 0.25) is 0 Å². The third kappa shape index (κ3) is 2.70. The molecule has 0 aliphatic carbocycles. The molecular weight excluding hydrogens is 268 g/mol. The summed E-state index contributed by atoms with van der Waals surface area (Å²) in [6, 6.07) is 16.7. The third-order valence-electron chi connectivity index (χ3n) is 3.42. The van der Waals surface area contributed by atoms with Crippen molar-refractivity contribution < 1.29 is 0 Å². The molecule has 0 saturated heterocycles. The summed E-state index contributed by atoms with van der Waals surface area (Å²) in [5.41, 5.74) is 3.33. The first-order valence-corrected chi connectivity index (χ1v) is 6.91. The van der Waals surface area contributed by atoms with E-state index in [9.17, 15) is 0 Å². The van der Waals surface area contributed by atoms with Crippen LogP contribution >= 0.6 is 12.4 Å². The lowest BCUT2D eigenvalue weighted by molar-refractivity contribution is 0.835. The highest BCUT2D eigenvalue weighted by Crippen LogP contribution is 2.30. The second kappa shape index (κ2) is 6.58. The highest BCUT2D eigenvalue weighted by molar-refractivity contribution is 6.07. The molecule has 2 nitrogen and oxygen atoms in total. The normalized spacial score (nSPS) is 10.4. The molecule has 0 radical (unpaired) electrons. The Bertz CT molecular complexity index is 655. The van der Waals surface area contributed by atoms with Gasteiger partial charge >= 0.3 is 0 Å². The van der Waals surface area contributed by atoms with Crippen molar-refractivity contribution in [2.45, 2.75) is 19.8 Å². The number of nitrogens with zero attached hydrogens (tertiary/aromatic N) is 1. The molecule has 3 heteroatoms. The van der Waals surface area contributed by atoms with Gasteiger partial charge in [-0.15, -0.1) is 12.4 Å². The molecule has 3 aromatic rings. The van der Waals surface area contributed by atoms with Crippen LogP contribution in [0.1, 0.15) is 19.8 Å². The number of para-hydroxylation sites is 2. The van der Waals surface area contributed by atoms with Crippen molar-refractivity contribution in [3.05, 3.63) is 48.5 Å². The Kier molecular flexibility index (Phi) is 4.80. The Balaban J connectivity index is 0.00000147. The molecule has 3 rings (SSSR count). The number of benzene rings is 2. The molecule has 1 heterocycles. The highest BCUT2D eigenvalue weighted by Gasteiger charge is 2.07. The number of aromatic nitrogens is 1. The van der Waals surface area contributed by atoms with Crippen LogP contribution in [0.3, 0.4) is 0 Å². The van der Waals surface area contributed by atoms with Gasteiger partial charge in [-0.2, -0.15) is 0 Å². The molecule has 1 N–H and O–H groups in total. The molecule has 2 aromatic carbocycles. The quantitative estimate of drug-likeness (QED) is 0.538. The van der Waals surface area contributed by atoms with E-state index in [1.165, 1.54) is 29.3 Å². The molecule has 1 aromatic heterocycles. The standard InChI is InChI=1S/C17H18N2.ClH/c1-2-3-12-18-17-13-8-4-6-10-15(13)19-16-11-7-5-9-14(16)17;/h4-11H,2-3,12H2,1H3,(H,18,19);1H. The van der Waals surface area contributed by atoms with Gasteiger partial charge in [-0.3, -0.25) is 0 Å². The first kappa shape index (κ1) is 14.6. The lowest BCUT2D eigenvalue weighted by atomic mass is 10.1. The van der Waals surface area contributed by atoms with Gasteiger partial charge in [0.2, 0.25) is 0 Å². The predicted octanol–water partition coefficient (Wildman–Crippen LogP) is 5.02. The van der Waals surface area contributed by atoms with Gasteiger partial charge in [0.1, 0.15) is 0 Å². The Morgan fingerprint density at radius 2 is 1.45 bits per heavy atom. The number of rotatable bonds is 4. The van der Waals surface area contributed by atoms with Crippen LogP contribution in [-0.2, 0) is 0 Å². The maximum Gasteiger partial charge on any atom is 0.0730 e. The zero-order valence-electron chi connectivity index (χ0n) is 11.6. The van der Waals surface area contributed by atoms with Crippen LogP contribution < -0.4 is 5.32 Å². The van der Waals surface area contributed by atoms with Gasteiger partial charge in [-0.1, -0.05) is 49.7 Å². The van der Waals surface area contributed by atoms with E-state index in [0.717, 1.165) is 17.6 Å². The molecule has 20 heavy (non-hydrogen) atoms. The molecule has 0 unspecified atom stereocenters. The number of hydrogen-bond donors (Lipinski definition) is 1. The van der Waals surface area contributed by atoms with Gasteiger partial charge < -0.3 is 5.32 Å². The maximum absolute atomic E-state index is 4.73. The van der Waals surface area contributed by atoms with Crippen LogP contribution in [0.25, 0.3) is 21.8 Å². The number of unbranched alkanes of at least 4 members (excludes halogenated alkanes) is 1. The molecule has 104 valence electrons. The summed E-state index contributed by atoms with van der Waals surface area (Å²) in [5, 5.41) is 6.00. The molecule has 0 saturated carbocycles. The SMILES string of the molecule is CCCCNc1c2ccccc2nc2ccccc12.Cl. The molecule has 0 atom stereocenters. The van der Waals surface area contributed by atoms with Crippen LogP contribution in [-0.4, -0.2) is 11.5 Å². The summed E-state index contributed by atoms with van der Waals surface area (Å²) < 4.78 is 0. The van der Waals surface area contributed by atoms with Gasteiger partial charge in [0.15, 0.2) is 0 Å². The smallest absolute Gasteiger partial charge is 0.0730 e. The van der Waals surface area contributed by atoms with Crippen molar-refractivity contribution in [1.29, 1.82) is 0 Å². The van der Waals surface area contributed by atoms with E-state index < -0.39 is 0 Å². The summed E-state index contributed by atoms with van der Waals surface area (Å²) in [6.45, 7) is 3.22. The molecular formula is C17H19ClN2. The average molecular weight is 287 g/mol. The fourth-order valence-electron chi connectivity index (χ4n) is 2.42. The van der Waals surface area contributed by atoms with Crippen molar-refractivity contribution in [3.8, 4) is 0 Å². The number of nitrogens with one attached hydrogen (secondary N) is 1. The first-order chi connectivity index (χ1) is 9.40. The van der Waals surface area contributed by atoms with Gasteiger partial charge in [-0.25, -0.2) is 4.98 Å². The van der Waals surface area contributed by atoms with E-state index >= 15 is 0 Å². The Labute approximate surface area is 125 Å². The summed E-state index contributed by atoms with van der Waals surface area (Å²) in [6.07, 6.45) is 2.39. The lowest BCUT2D eigenvalue weighted by Gasteiger charge is -2.12. The maximum atomic E-state index is 4.73. The second-order valence-electron chi connectivity index (χ2n) is 4.80. The molecule has 0 bridgehead atoms. The summed E-state index contributed by atoms with van der Waals surface area (Å²) >= 11 is 0. The van der Waals surface area contributed by atoms with Crippen molar-refractivity contribution in [3.63, 3.8) is 0 Å². The second-order valence-corrected chi connectivity index (χ2v) is 4.80. The van der Waals surface area contributed by atoms with Crippen LogP contribution in [0.5, 0.6) is 0 Å². The zero-order chi connectivity index (χ0) is 13.1. The van der Waals surface area contributed by atoms with Gasteiger partial charge in [0.05, 0.1) is 16.7 Å². The zero-order valence-corrected chi connectivity index (χ0v) is 12.4. The fraction of sp³-hybridized carbons (Fsp3) is 0.235.